The number of hydrogen-bond acceptors (Lipinski definition) is 21. The van der Waals surface area contributed by atoms with Gasteiger partial charge in [-0.2, -0.15) is 0 Å². The second-order valence-electron chi connectivity index (χ2n) is 21.1. The van der Waals surface area contributed by atoms with E-state index in [1.807, 2.05) is 39.8 Å². The van der Waals surface area contributed by atoms with Crippen molar-refractivity contribution in [2.45, 2.75) is 198 Å². The minimum absolute atomic E-state index is 0.191. The van der Waals surface area contributed by atoms with E-state index in [1.165, 1.54) is 41.1 Å². The van der Waals surface area contributed by atoms with E-state index in [0.717, 1.165) is 38.3 Å². The molecule has 3 aliphatic heterocycles. The molecule has 2 atom stereocenters. The van der Waals surface area contributed by atoms with Crippen molar-refractivity contribution in [1.82, 2.24) is 0 Å². The first kappa shape index (κ1) is 73.9. The third-order valence-electron chi connectivity index (χ3n) is 16.2. The molecule has 0 aromatic carbocycles. The number of rotatable bonds is 9. The normalized spacial score (nSPS) is 26.1. The molecular weight excluding hydrogens is 1250 g/mol. The number of carbonyl (C=O) groups excluding carboxylic acids is 6. The van der Waals surface area contributed by atoms with Crippen LogP contribution in [-0.4, -0.2) is 186 Å². The van der Waals surface area contributed by atoms with Gasteiger partial charge >= 0.3 is 31.0 Å². The minimum atomic E-state index is -0.873. The Labute approximate surface area is 499 Å². The van der Waals surface area contributed by atoms with E-state index in [2.05, 4.69) is 59.5 Å². The Morgan fingerprint density at radius 2 is 0.775 bits per heavy atom. The summed E-state index contributed by atoms with van der Waals surface area (Å²) in [6, 6.07) is 0. The molecule has 0 aromatic rings. The van der Waals surface area contributed by atoms with Crippen LogP contribution >= 0.6 is 47.8 Å². The van der Waals surface area contributed by atoms with Gasteiger partial charge in [0, 0.05) is 99.8 Å². The zero-order valence-electron chi connectivity index (χ0n) is 49.6. The van der Waals surface area contributed by atoms with Crippen LogP contribution in [0.1, 0.15) is 150 Å². The van der Waals surface area contributed by atoms with Crippen molar-refractivity contribution < 1.29 is 100 Å². The maximum Gasteiger partial charge on any atom is 0.490 e. The summed E-state index contributed by atoms with van der Waals surface area (Å²) in [5, 5.41) is 7.00. The maximum atomic E-state index is 11.9. The number of ether oxygens (including phenoxy) is 12. The standard InChI is InChI=1S/C15H25BO5.C11H18O5.C10H16O3.C9H14O4.C8H12O3.CHBr3.CH4O/c1-13(2)14(3,4)21-16(20-13)11-7-9-15(19-6,10-8-11)12(17)18-5;1-13-9(12)10(14-2)3-5-11(6-4-10)15-7-8-16-11;1-8-4-6-10(13-3,7-5-8)9(11)12-2;1-12-8(11)9(13-2)5-3-7(10)4-6-9;9-7-1-3-8(4-2-7)10-5-6-11-8;2-1(3)4;1-2/h7H,8-10H2,1-6H3;3-8H2,1-2H3;4H,5-7H2,1-3H3;3-6H2,1-2H3;1-6H2;1H;2H,1H3. The number of halogens is 3. The minimum Gasteiger partial charge on any atom is -0.467 e. The van der Waals surface area contributed by atoms with Crippen molar-refractivity contribution >= 4 is 90.4 Å². The highest BCUT2D eigenvalue weighted by Gasteiger charge is 2.54. The fourth-order valence-electron chi connectivity index (χ4n) is 10.1. The second kappa shape index (κ2) is 34.0. The SMILES string of the molecule is BrC(Br)Br.CO.COC(=O)C1(OC)CC=C(B2OC(C)(C)C(C)(C)O2)CC1.COC(=O)C1(OC)CC=C(C)CC1.COC(=O)C1(OC)CCC(=O)CC1.COC(=O)C1(OC)CCC2(CC1)OCCO2.O=C1CCC2(CC1)OCCO2. The monoisotopic (exact) mass is 1330 g/mol. The van der Waals surface area contributed by atoms with Gasteiger partial charge < -0.3 is 71.3 Å². The molecule has 460 valence electrons. The van der Waals surface area contributed by atoms with Gasteiger partial charge in [-0.05, 0) is 91.5 Å². The van der Waals surface area contributed by atoms with Crippen LogP contribution in [0.15, 0.2) is 23.2 Å². The molecule has 8 rings (SSSR count). The Bertz CT molecular complexity index is 2000. The van der Waals surface area contributed by atoms with Crippen molar-refractivity contribution in [3.8, 4) is 0 Å². The molecule has 80 heavy (non-hydrogen) atoms. The van der Waals surface area contributed by atoms with Crippen LogP contribution in [0.2, 0.25) is 0 Å². The number of ketones is 2. The molecule has 3 heterocycles. The van der Waals surface area contributed by atoms with Crippen molar-refractivity contribution in [1.29, 1.82) is 0 Å². The zero-order valence-corrected chi connectivity index (χ0v) is 54.4. The number of hydrogen-bond donors (Lipinski definition) is 1. The molecule has 0 radical (unpaired) electrons. The molecule has 5 aliphatic carbocycles. The molecule has 0 amide bonds. The Kier molecular flexibility index (Phi) is 31.4. The van der Waals surface area contributed by atoms with Gasteiger partial charge in [-0.15, -0.1) is 0 Å². The fourth-order valence-corrected chi connectivity index (χ4v) is 10.1. The third kappa shape index (κ3) is 20.2. The van der Waals surface area contributed by atoms with Gasteiger partial charge in [0.25, 0.3) is 0 Å². The molecule has 3 saturated carbocycles. The molecule has 0 bridgehead atoms. The van der Waals surface area contributed by atoms with E-state index < -0.39 is 28.2 Å². The van der Waals surface area contributed by atoms with Crippen molar-refractivity contribution in [2.24, 2.45) is 0 Å². The van der Waals surface area contributed by atoms with Crippen LogP contribution in [0.5, 0.6) is 0 Å². The van der Waals surface area contributed by atoms with E-state index in [1.54, 1.807) is 21.3 Å². The van der Waals surface area contributed by atoms with Crippen LogP contribution < -0.4 is 0 Å². The number of aliphatic hydroxyl groups is 1. The highest BCUT2D eigenvalue weighted by molar-refractivity contribution is 9.38. The summed E-state index contributed by atoms with van der Waals surface area (Å²) in [6.07, 6.45) is 15.0. The van der Waals surface area contributed by atoms with Crippen LogP contribution in [0, 0.1) is 0 Å². The van der Waals surface area contributed by atoms with E-state index in [9.17, 15) is 28.8 Å². The van der Waals surface area contributed by atoms with E-state index in [0.29, 0.717) is 122 Å². The molecular formula is C55H90BBr3O21. The molecule has 21 nitrogen and oxygen atoms in total. The summed E-state index contributed by atoms with van der Waals surface area (Å²) >= 11 is 9.31. The molecule has 6 fully saturated rings. The van der Waals surface area contributed by atoms with Crippen LogP contribution in [0.4, 0.5) is 0 Å². The first-order chi connectivity index (χ1) is 37.7. The topological polar surface area (TPSA) is 252 Å². The van der Waals surface area contributed by atoms with E-state index in [4.69, 9.17) is 66.5 Å². The van der Waals surface area contributed by atoms with Gasteiger partial charge in [-0.3, -0.25) is 9.59 Å². The number of Topliss-reactive ketones (excluding diaryl/α,β-unsaturated/α-hetero) is 2. The molecule has 1 N–H and O–H groups in total. The summed E-state index contributed by atoms with van der Waals surface area (Å²) in [7, 11) is 12.3. The van der Waals surface area contributed by atoms with E-state index in [-0.39, 0.29) is 56.4 Å². The Hall–Kier alpha value is -2.24. The Morgan fingerprint density at radius 1 is 0.475 bits per heavy atom. The smallest absolute Gasteiger partial charge is 0.467 e. The van der Waals surface area contributed by atoms with Gasteiger partial charge in [0.05, 0.1) is 66.1 Å². The number of carbonyl (C=O) groups is 6. The van der Waals surface area contributed by atoms with E-state index >= 15 is 0 Å². The summed E-state index contributed by atoms with van der Waals surface area (Å²) in [5.41, 5.74) is -1.59. The number of esters is 4. The number of aliphatic hydroxyl groups excluding tert-OH is 1. The molecule has 25 heteroatoms. The van der Waals surface area contributed by atoms with Gasteiger partial charge in [-0.1, -0.05) is 65.5 Å². The summed E-state index contributed by atoms with van der Waals surface area (Å²) in [6.45, 7) is 12.8. The average molecular weight is 1340 g/mol. The van der Waals surface area contributed by atoms with Crippen LogP contribution in [0.3, 0.4) is 0 Å². The Morgan fingerprint density at radius 3 is 1.09 bits per heavy atom. The highest BCUT2D eigenvalue weighted by atomic mass is 80.0. The summed E-state index contributed by atoms with van der Waals surface area (Å²) in [4.78, 5) is 68.3. The first-order valence-electron chi connectivity index (χ1n) is 26.9. The second-order valence-corrected chi connectivity index (χ2v) is 27.6. The molecule has 3 saturated heterocycles. The highest BCUT2D eigenvalue weighted by Crippen LogP contribution is 2.44. The Balaban J connectivity index is 0.000000338. The molecule has 2 unspecified atom stereocenters. The lowest BCUT2D eigenvalue weighted by molar-refractivity contribution is -0.214. The third-order valence-corrected chi connectivity index (χ3v) is 16.2. The predicted molar refractivity (Wildman–Crippen MR) is 306 cm³/mol. The van der Waals surface area contributed by atoms with Gasteiger partial charge in [0.1, 0.15) is 14.2 Å². The van der Waals surface area contributed by atoms with Crippen molar-refractivity contribution in [3.05, 3.63) is 23.2 Å². The first-order valence-corrected chi connectivity index (χ1v) is 29.6. The summed E-state index contributed by atoms with van der Waals surface area (Å²) in [5.74, 6) is -1.58. The van der Waals surface area contributed by atoms with Gasteiger partial charge in [-0.25, -0.2) is 19.2 Å². The number of alkyl halides is 3. The van der Waals surface area contributed by atoms with Gasteiger partial charge in [0.15, 0.2) is 34.0 Å². The van der Waals surface area contributed by atoms with Crippen LogP contribution in [-0.2, 0) is 94.9 Å². The largest absolute Gasteiger partial charge is 0.490 e. The predicted octanol–water partition coefficient (Wildman–Crippen LogP) is 8.45. The lowest BCUT2D eigenvalue weighted by Gasteiger charge is -2.40. The zero-order chi connectivity index (χ0) is 60.6. The molecule has 8 aliphatic rings. The van der Waals surface area contributed by atoms with Crippen molar-refractivity contribution in [3.63, 3.8) is 0 Å². The molecule has 2 spiro atoms. The lowest BCUT2D eigenvalue weighted by atomic mass is 9.69. The quantitative estimate of drug-likeness (QED) is 0.0747. The number of allylic oxidation sites excluding steroid dienone is 2. The number of methoxy groups -OCH3 is 8. The van der Waals surface area contributed by atoms with Gasteiger partial charge in [0.2, 0.25) is 0 Å². The molecule has 0 aromatic heterocycles. The van der Waals surface area contributed by atoms with Crippen molar-refractivity contribution in [2.75, 3.05) is 90.4 Å². The fraction of sp³-hybridized carbons (Fsp3) is 0.818. The lowest BCUT2D eigenvalue weighted by Crippen LogP contribution is -2.50. The van der Waals surface area contributed by atoms with Crippen LogP contribution in [0.25, 0.3) is 0 Å². The average Bonchev–Trinajstić information content (AvgIpc) is 4.21. The summed E-state index contributed by atoms with van der Waals surface area (Å²) < 4.78 is 74.7. The maximum absolute atomic E-state index is 11.9.